The number of carbonyl (C=O) groups is 1. The molecule has 3 aromatic carbocycles. The SMILES string of the molecule is Cc1ccc(-c2cc(C(=O)NCCc3ccc(Cl)cc3Cl)n(-c3ccccc3Cl)n2)cc1C. The summed E-state index contributed by atoms with van der Waals surface area (Å²) in [5.41, 5.74) is 5.94. The van der Waals surface area contributed by atoms with E-state index in [1.54, 1.807) is 28.9 Å². The van der Waals surface area contributed by atoms with Gasteiger partial charge in [-0.2, -0.15) is 5.10 Å². The van der Waals surface area contributed by atoms with Crippen LogP contribution in [0.2, 0.25) is 15.1 Å². The van der Waals surface area contributed by atoms with Gasteiger partial charge in [-0.3, -0.25) is 4.79 Å². The third-order valence-corrected chi connectivity index (χ3v) is 6.43. The molecule has 0 bridgehead atoms. The van der Waals surface area contributed by atoms with Crippen LogP contribution in [0.4, 0.5) is 0 Å². The van der Waals surface area contributed by atoms with E-state index in [9.17, 15) is 4.79 Å². The van der Waals surface area contributed by atoms with Crippen LogP contribution in [0.15, 0.2) is 66.7 Å². The Morgan fingerprint density at radius 2 is 1.70 bits per heavy atom. The summed E-state index contributed by atoms with van der Waals surface area (Å²) in [6.45, 7) is 4.53. The van der Waals surface area contributed by atoms with Gasteiger partial charge in [-0.05, 0) is 73.4 Å². The van der Waals surface area contributed by atoms with Gasteiger partial charge >= 0.3 is 0 Å². The lowest BCUT2D eigenvalue weighted by Gasteiger charge is -2.10. The maximum absolute atomic E-state index is 13.2. The zero-order chi connectivity index (χ0) is 23.5. The molecule has 0 saturated heterocycles. The molecular formula is C26H22Cl3N3O. The normalized spacial score (nSPS) is 10.9. The summed E-state index contributed by atoms with van der Waals surface area (Å²) in [7, 11) is 0. The Kier molecular flexibility index (Phi) is 7.08. The molecular weight excluding hydrogens is 477 g/mol. The maximum Gasteiger partial charge on any atom is 0.270 e. The number of para-hydroxylation sites is 1. The highest BCUT2D eigenvalue weighted by Gasteiger charge is 2.19. The van der Waals surface area contributed by atoms with Crippen LogP contribution in [0.5, 0.6) is 0 Å². The smallest absolute Gasteiger partial charge is 0.270 e. The van der Waals surface area contributed by atoms with Crippen molar-refractivity contribution < 1.29 is 4.79 Å². The first-order chi connectivity index (χ1) is 15.8. The van der Waals surface area contributed by atoms with E-state index < -0.39 is 0 Å². The van der Waals surface area contributed by atoms with E-state index in [0.717, 1.165) is 16.7 Å². The molecule has 0 aliphatic carbocycles. The van der Waals surface area contributed by atoms with Gasteiger partial charge in [-0.15, -0.1) is 0 Å². The van der Waals surface area contributed by atoms with Gasteiger partial charge in [-0.25, -0.2) is 4.68 Å². The second kappa shape index (κ2) is 10.0. The van der Waals surface area contributed by atoms with Gasteiger partial charge < -0.3 is 5.32 Å². The van der Waals surface area contributed by atoms with E-state index in [-0.39, 0.29) is 5.91 Å². The monoisotopic (exact) mass is 497 g/mol. The number of nitrogens with zero attached hydrogens (tertiary/aromatic N) is 2. The summed E-state index contributed by atoms with van der Waals surface area (Å²) in [6.07, 6.45) is 0.575. The molecule has 0 saturated carbocycles. The third kappa shape index (κ3) is 5.25. The number of nitrogens with one attached hydrogen (secondary N) is 1. The van der Waals surface area contributed by atoms with E-state index in [4.69, 9.17) is 39.9 Å². The largest absolute Gasteiger partial charge is 0.350 e. The summed E-state index contributed by atoms with van der Waals surface area (Å²) in [4.78, 5) is 13.2. The fourth-order valence-corrected chi connectivity index (χ4v) is 4.24. The molecule has 0 unspecified atom stereocenters. The predicted molar refractivity (Wildman–Crippen MR) is 136 cm³/mol. The van der Waals surface area contributed by atoms with Crippen LogP contribution in [0.3, 0.4) is 0 Å². The minimum Gasteiger partial charge on any atom is -0.350 e. The average Bonchev–Trinajstić information content (AvgIpc) is 3.23. The fraction of sp³-hybridized carbons (Fsp3) is 0.154. The Bertz CT molecular complexity index is 1330. The molecule has 0 aliphatic heterocycles. The Hall–Kier alpha value is -2.79. The average molecular weight is 499 g/mol. The first-order valence-corrected chi connectivity index (χ1v) is 11.6. The molecule has 1 heterocycles. The minimum absolute atomic E-state index is 0.248. The minimum atomic E-state index is -0.248. The lowest BCUT2D eigenvalue weighted by molar-refractivity contribution is 0.0946. The number of aromatic nitrogens is 2. The number of aryl methyl sites for hydroxylation is 2. The van der Waals surface area contributed by atoms with Crippen molar-refractivity contribution in [1.82, 2.24) is 15.1 Å². The first kappa shape index (κ1) is 23.4. The lowest BCUT2D eigenvalue weighted by Crippen LogP contribution is -2.28. The van der Waals surface area contributed by atoms with E-state index in [0.29, 0.717) is 45.1 Å². The highest BCUT2D eigenvalue weighted by Crippen LogP contribution is 2.27. The molecule has 1 amide bonds. The van der Waals surface area contributed by atoms with Crippen molar-refractivity contribution in [2.75, 3.05) is 6.54 Å². The quantitative estimate of drug-likeness (QED) is 0.308. The lowest BCUT2D eigenvalue weighted by atomic mass is 10.0. The highest BCUT2D eigenvalue weighted by atomic mass is 35.5. The van der Waals surface area contributed by atoms with Gasteiger partial charge in [0.15, 0.2) is 0 Å². The number of rotatable bonds is 6. The maximum atomic E-state index is 13.2. The molecule has 4 nitrogen and oxygen atoms in total. The summed E-state index contributed by atoms with van der Waals surface area (Å²) < 4.78 is 1.59. The molecule has 4 rings (SSSR count). The number of benzene rings is 3. The molecule has 1 N–H and O–H groups in total. The number of hydrogen-bond donors (Lipinski definition) is 1. The Morgan fingerprint density at radius 3 is 2.42 bits per heavy atom. The van der Waals surface area contributed by atoms with Crippen molar-refractivity contribution in [3.63, 3.8) is 0 Å². The predicted octanol–water partition coefficient (Wildman–Crippen LogP) is 7.09. The van der Waals surface area contributed by atoms with Gasteiger partial charge in [0.05, 0.1) is 16.4 Å². The molecule has 168 valence electrons. The molecule has 0 spiro atoms. The van der Waals surface area contributed by atoms with Crippen molar-refractivity contribution in [1.29, 1.82) is 0 Å². The summed E-state index contributed by atoms with van der Waals surface area (Å²) in [6, 6.07) is 20.6. The van der Waals surface area contributed by atoms with Crippen LogP contribution in [-0.2, 0) is 6.42 Å². The summed E-state index contributed by atoms with van der Waals surface area (Å²) in [5, 5.41) is 9.36. The van der Waals surface area contributed by atoms with Gasteiger partial charge in [0, 0.05) is 22.2 Å². The van der Waals surface area contributed by atoms with Crippen LogP contribution < -0.4 is 5.32 Å². The van der Waals surface area contributed by atoms with E-state index >= 15 is 0 Å². The standard InChI is InChI=1S/C26H22Cl3N3O/c1-16-7-8-19(13-17(16)2)23-15-25(32(31-23)24-6-4-3-5-21(24)28)26(33)30-12-11-18-9-10-20(27)14-22(18)29/h3-10,13-15H,11-12H2,1-2H3,(H,30,33). The zero-order valence-electron chi connectivity index (χ0n) is 18.2. The summed E-state index contributed by atoms with van der Waals surface area (Å²) >= 11 is 18.7. The molecule has 0 atom stereocenters. The van der Waals surface area contributed by atoms with Gasteiger partial charge in [-0.1, -0.05) is 65.1 Å². The van der Waals surface area contributed by atoms with Crippen LogP contribution >= 0.6 is 34.8 Å². The molecule has 0 aliphatic rings. The van der Waals surface area contributed by atoms with Crippen molar-refractivity contribution in [2.45, 2.75) is 20.3 Å². The van der Waals surface area contributed by atoms with Crippen molar-refractivity contribution in [3.05, 3.63) is 104 Å². The van der Waals surface area contributed by atoms with E-state index in [1.165, 1.54) is 5.56 Å². The van der Waals surface area contributed by atoms with E-state index in [1.807, 2.05) is 30.3 Å². The number of carbonyl (C=O) groups excluding carboxylic acids is 1. The Labute approximate surface area is 208 Å². The molecule has 7 heteroatoms. The summed E-state index contributed by atoms with van der Waals surface area (Å²) in [5.74, 6) is -0.248. The van der Waals surface area contributed by atoms with Gasteiger partial charge in [0.1, 0.15) is 5.69 Å². The van der Waals surface area contributed by atoms with Crippen LogP contribution in [-0.4, -0.2) is 22.2 Å². The van der Waals surface area contributed by atoms with Crippen molar-refractivity contribution >= 4 is 40.7 Å². The fourth-order valence-electron chi connectivity index (χ4n) is 3.52. The van der Waals surface area contributed by atoms with E-state index in [2.05, 4.69) is 31.3 Å². The van der Waals surface area contributed by atoms with Crippen LogP contribution in [0.25, 0.3) is 16.9 Å². The topological polar surface area (TPSA) is 46.9 Å². The van der Waals surface area contributed by atoms with Gasteiger partial charge in [0.25, 0.3) is 5.91 Å². The van der Waals surface area contributed by atoms with Crippen LogP contribution in [0.1, 0.15) is 27.2 Å². The van der Waals surface area contributed by atoms with Crippen molar-refractivity contribution in [3.8, 4) is 16.9 Å². The molecule has 4 aromatic rings. The highest BCUT2D eigenvalue weighted by molar-refractivity contribution is 6.35. The molecule has 0 radical (unpaired) electrons. The third-order valence-electron chi connectivity index (χ3n) is 5.52. The second-order valence-corrected chi connectivity index (χ2v) is 9.07. The van der Waals surface area contributed by atoms with Crippen molar-refractivity contribution in [2.24, 2.45) is 0 Å². The first-order valence-electron chi connectivity index (χ1n) is 10.5. The zero-order valence-corrected chi connectivity index (χ0v) is 20.5. The molecule has 33 heavy (non-hydrogen) atoms. The number of amides is 1. The van der Waals surface area contributed by atoms with Gasteiger partial charge in [0.2, 0.25) is 0 Å². The Morgan fingerprint density at radius 1 is 0.909 bits per heavy atom. The van der Waals surface area contributed by atoms with Crippen LogP contribution in [0, 0.1) is 13.8 Å². The second-order valence-electron chi connectivity index (χ2n) is 7.82. The number of halogens is 3. The Balaban J connectivity index is 1.63. The molecule has 0 fully saturated rings. The number of hydrogen-bond acceptors (Lipinski definition) is 2. The molecule has 1 aromatic heterocycles.